The van der Waals surface area contributed by atoms with Crippen LogP contribution in [0.25, 0.3) is 0 Å². The number of rotatable bonds is 3. The van der Waals surface area contributed by atoms with Gasteiger partial charge in [-0.3, -0.25) is 5.32 Å². The van der Waals surface area contributed by atoms with E-state index in [1.165, 1.54) is 17.8 Å². The first-order valence-electron chi connectivity index (χ1n) is 7.22. The Hall–Kier alpha value is -1.78. The van der Waals surface area contributed by atoms with Gasteiger partial charge in [0.2, 0.25) is 0 Å². The number of hydrogen-bond donors (Lipinski definition) is 1. The van der Waals surface area contributed by atoms with Crippen molar-refractivity contribution in [2.24, 2.45) is 4.99 Å². The predicted octanol–water partition coefficient (Wildman–Crippen LogP) is 2.39. The Morgan fingerprint density at radius 3 is 2.68 bits per heavy atom. The number of likely N-dealkylation sites (N-methyl/N-ethyl adjacent to an activating group) is 1. The summed E-state index contributed by atoms with van der Waals surface area (Å²) in [5.41, 5.74) is 1.12. The average Bonchev–Trinajstić information content (AvgIpc) is 2.56. The molecule has 1 saturated heterocycles. The van der Waals surface area contributed by atoms with Crippen LogP contribution in [0.5, 0.6) is 0 Å². The second-order valence-corrected chi connectivity index (χ2v) is 5.71. The topological polar surface area (TPSA) is 54.7 Å². The van der Waals surface area contributed by atoms with Crippen LogP contribution in [0.15, 0.2) is 23.2 Å². The van der Waals surface area contributed by atoms with E-state index in [1.807, 2.05) is 6.07 Å². The van der Waals surface area contributed by atoms with Gasteiger partial charge in [0.1, 0.15) is 5.69 Å². The molecule has 0 aliphatic carbocycles. The zero-order valence-electron chi connectivity index (χ0n) is 12.8. The highest BCUT2D eigenvalue weighted by molar-refractivity contribution is 8.13. The summed E-state index contributed by atoms with van der Waals surface area (Å²) in [7, 11) is 0. The Bertz CT molecular complexity index is 576. The van der Waals surface area contributed by atoms with Crippen LogP contribution in [-0.2, 0) is 0 Å². The maximum absolute atomic E-state index is 14.2. The van der Waals surface area contributed by atoms with Crippen LogP contribution in [0.3, 0.4) is 0 Å². The van der Waals surface area contributed by atoms with Crippen LogP contribution in [-0.4, -0.2) is 49.0 Å². The van der Waals surface area contributed by atoms with Gasteiger partial charge in [0.25, 0.3) is 0 Å². The Morgan fingerprint density at radius 1 is 1.41 bits per heavy atom. The summed E-state index contributed by atoms with van der Waals surface area (Å²) in [6.07, 6.45) is 3.57. The van der Waals surface area contributed by atoms with Crippen molar-refractivity contribution in [3.8, 4) is 6.19 Å². The fourth-order valence-electron chi connectivity index (χ4n) is 2.39. The molecule has 0 spiro atoms. The van der Waals surface area contributed by atoms with E-state index in [2.05, 4.69) is 27.0 Å². The van der Waals surface area contributed by atoms with E-state index in [0.717, 1.165) is 38.4 Å². The Balaban J connectivity index is 2.11. The summed E-state index contributed by atoms with van der Waals surface area (Å²) in [6, 6.07) is 5.06. The zero-order valence-corrected chi connectivity index (χ0v) is 13.7. The van der Waals surface area contributed by atoms with Gasteiger partial charge in [-0.2, -0.15) is 5.26 Å². The first-order chi connectivity index (χ1) is 10.7. The second-order valence-electron chi connectivity index (χ2n) is 4.91. The SMILES string of the molecule is CCN1CCN(c2ccc(N=C(NC#N)SC)c(F)c2)CC1. The van der Waals surface area contributed by atoms with Crippen LogP contribution in [0.2, 0.25) is 0 Å². The van der Waals surface area contributed by atoms with Crippen LogP contribution >= 0.6 is 11.8 Å². The van der Waals surface area contributed by atoms with Gasteiger partial charge in [-0.05, 0) is 31.0 Å². The summed E-state index contributed by atoms with van der Waals surface area (Å²) < 4.78 is 14.2. The third kappa shape index (κ3) is 4.12. The standard InChI is InChI=1S/C15H20FN5S/c1-3-20-6-8-21(9-7-20)12-4-5-14(13(16)10-12)19-15(22-2)18-11-17/h4-5,10H,3,6-9H2,1-2H3,(H,18,19). The van der Waals surface area contributed by atoms with Crippen molar-refractivity contribution in [1.82, 2.24) is 10.2 Å². The van der Waals surface area contributed by atoms with Crippen molar-refractivity contribution >= 4 is 28.3 Å². The van der Waals surface area contributed by atoms with E-state index in [0.29, 0.717) is 5.17 Å². The lowest BCUT2D eigenvalue weighted by Gasteiger charge is -2.35. The number of amidine groups is 1. The molecule has 0 bridgehead atoms. The van der Waals surface area contributed by atoms with Gasteiger partial charge in [0.05, 0.1) is 0 Å². The minimum atomic E-state index is -0.373. The van der Waals surface area contributed by atoms with Crippen molar-refractivity contribution in [2.75, 3.05) is 43.9 Å². The molecule has 1 aliphatic rings. The molecule has 1 aliphatic heterocycles. The molecular formula is C15H20FN5S. The van der Waals surface area contributed by atoms with Crippen molar-refractivity contribution < 1.29 is 4.39 Å². The molecule has 118 valence electrons. The van der Waals surface area contributed by atoms with Gasteiger partial charge in [-0.25, -0.2) is 9.38 Å². The van der Waals surface area contributed by atoms with Crippen LogP contribution < -0.4 is 10.2 Å². The molecule has 1 aromatic rings. The van der Waals surface area contributed by atoms with Gasteiger partial charge in [-0.1, -0.05) is 18.7 Å². The normalized spacial score (nSPS) is 16.5. The fourth-order valence-corrected chi connectivity index (χ4v) is 2.72. The van der Waals surface area contributed by atoms with Crippen LogP contribution in [0, 0.1) is 17.3 Å². The molecule has 1 fully saturated rings. The molecule has 5 nitrogen and oxygen atoms in total. The number of anilines is 1. The van der Waals surface area contributed by atoms with Crippen molar-refractivity contribution in [3.63, 3.8) is 0 Å². The molecule has 0 atom stereocenters. The molecule has 22 heavy (non-hydrogen) atoms. The van der Waals surface area contributed by atoms with Gasteiger partial charge >= 0.3 is 0 Å². The Kier molecular flexibility index (Phi) is 6.04. The molecule has 2 rings (SSSR count). The van der Waals surface area contributed by atoms with E-state index < -0.39 is 0 Å². The molecule has 0 saturated carbocycles. The first-order valence-corrected chi connectivity index (χ1v) is 8.45. The lowest BCUT2D eigenvalue weighted by atomic mass is 10.2. The third-order valence-corrected chi connectivity index (χ3v) is 4.27. The maximum Gasteiger partial charge on any atom is 0.183 e. The second kappa shape index (κ2) is 8.01. The first kappa shape index (κ1) is 16.6. The molecule has 7 heteroatoms. The summed E-state index contributed by atoms with van der Waals surface area (Å²) in [4.78, 5) is 8.69. The highest BCUT2D eigenvalue weighted by Gasteiger charge is 2.17. The smallest absolute Gasteiger partial charge is 0.183 e. The number of nitriles is 1. The quantitative estimate of drug-likeness (QED) is 0.401. The van der Waals surface area contributed by atoms with E-state index in [9.17, 15) is 4.39 Å². The number of halogens is 1. The van der Waals surface area contributed by atoms with Crippen LogP contribution in [0.4, 0.5) is 15.8 Å². The molecule has 0 radical (unpaired) electrons. The van der Waals surface area contributed by atoms with Gasteiger partial charge in [0, 0.05) is 31.9 Å². The monoisotopic (exact) mass is 321 g/mol. The van der Waals surface area contributed by atoms with E-state index in [1.54, 1.807) is 18.5 Å². The summed E-state index contributed by atoms with van der Waals surface area (Å²) in [6.45, 7) is 7.02. The fraction of sp³-hybridized carbons (Fsp3) is 0.467. The Labute approximate surface area is 134 Å². The van der Waals surface area contributed by atoms with Gasteiger partial charge < -0.3 is 9.80 Å². The zero-order chi connectivity index (χ0) is 15.9. The molecular weight excluding hydrogens is 301 g/mol. The molecule has 0 aromatic heterocycles. The van der Waals surface area contributed by atoms with Crippen molar-refractivity contribution in [3.05, 3.63) is 24.0 Å². The molecule has 1 heterocycles. The summed E-state index contributed by atoms with van der Waals surface area (Å²) in [5.74, 6) is -0.373. The average molecular weight is 321 g/mol. The minimum Gasteiger partial charge on any atom is -0.369 e. The number of benzene rings is 1. The molecule has 1 N–H and O–H groups in total. The number of aliphatic imine (C=N–C) groups is 1. The lowest BCUT2D eigenvalue weighted by Crippen LogP contribution is -2.46. The molecule has 0 amide bonds. The predicted molar refractivity (Wildman–Crippen MR) is 90.1 cm³/mol. The van der Waals surface area contributed by atoms with Crippen molar-refractivity contribution in [1.29, 1.82) is 5.26 Å². The largest absolute Gasteiger partial charge is 0.369 e. The van der Waals surface area contributed by atoms with E-state index in [-0.39, 0.29) is 11.5 Å². The number of thioether (sulfide) groups is 1. The molecule has 1 aromatic carbocycles. The van der Waals surface area contributed by atoms with Crippen molar-refractivity contribution in [2.45, 2.75) is 6.92 Å². The summed E-state index contributed by atoms with van der Waals surface area (Å²) >= 11 is 1.27. The third-order valence-electron chi connectivity index (χ3n) is 3.69. The van der Waals surface area contributed by atoms with E-state index >= 15 is 0 Å². The number of piperazine rings is 1. The lowest BCUT2D eigenvalue weighted by molar-refractivity contribution is 0.271. The highest BCUT2D eigenvalue weighted by Crippen LogP contribution is 2.25. The number of nitrogens with one attached hydrogen (secondary N) is 1. The number of hydrogen-bond acceptors (Lipinski definition) is 5. The van der Waals surface area contributed by atoms with E-state index in [4.69, 9.17) is 5.26 Å². The van der Waals surface area contributed by atoms with Gasteiger partial charge in [-0.15, -0.1) is 0 Å². The number of nitrogens with zero attached hydrogens (tertiary/aromatic N) is 4. The summed E-state index contributed by atoms with van der Waals surface area (Å²) in [5, 5.41) is 11.4. The van der Waals surface area contributed by atoms with Gasteiger partial charge in [0.15, 0.2) is 17.2 Å². The highest BCUT2D eigenvalue weighted by atomic mass is 32.2. The molecule has 0 unspecified atom stereocenters. The Morgan fingerprint density at radius 2 is 2.14 bits per heavy atom. The van der Waals surface area contributed by atoms with Crippen LogP contribution in [0.1, 0.15) is 6.92 Å². The minimum absolute atomic E-state index is 0.239. The maximum atomic E-state index is 14.2.